The zero-order valence-electron chi connectivity index (χ0n) is 19.3. The second kappa shape index (κ2) is 9.83. The smallest absolute Gasteiger partial charge is 0.414 e. The fourth-order valence-electron chi connectivity index (χ4n) is 3.99. The highest BCUT2D eigenvalue weighted by molar-refractivity contribution is 6.30. The molecule has 0 saturated heterocycles. The van der Waals surface area contributed by atoms with E-state index in [1.165, 1.54) is 0 Å². The lowest BCUT2D eigenvalue weighted by Gasteiger charge is -2.27. The molecule has 3 amide bonds. The number of hydrogen-bond acceptors (Lipinski definition) is 4. The Balaban J connectivity index is 1.74. The molecule has 0 spiro atoms. The van der Waals surface area contributed by atoms with Gasteiger partial charge in [-0.3, -0.25) is 9.69 Å². The predicted octanol–water partition coefficient (Wildman–Crippen LogP) is 5.44. The number of imide groups is 1. The number of nitrogens with zero attached hydrogens (tertiary/aromatic N) is 2. The maximum absolute atomic E-state index is 13.0. The van der Waals surface area contributed by atoms with Gasteiger partial charge < -0.3 is 9.84 Å². The van der Waals surface area contributed by atoms with Gasteiger partial charge in [-0.2, -0.15) is 0 Å². The van der Waals surface area contributed by atoms with Crippen molar-refractivity contribution < 1.29 is 24.2 Å². The molecular weight excluding hydrogens is 444 g/mol. The average molecular weight is 473 g/mol. The van der Waals surface area contributed by atoms with E-state index in [1.54, 1.807) is 17.0 Å². The van der Waals surface area contributed by atoms with Crippen molar-refractivity contribution >= 4 is 29.7 Å². The first-order chi connectivity index (χ1) is 15.5. The lowest BCUT2D eigenvalue weighted by Crippen LogP contribution is -2.38. The first kappa shape index (κ1) is 24.6. The summed E-state index contributed by atoms with van der Waals surface area (Å²) in [5.41, 5.74) is 2.80. The number of fused-ring (bicyclic) bond motifs is 1. The van der Waals surface area contributed by atoms with Crippen LogP contribution in [-0.4, -0.2) is 45.1 Å². The van der Waals surface area contributed by atoms with Gasteiger partial charge in [-0.15, -0.1) is 0 Å². The zero-order valence-corrected chi connectivity index (χ0v) is 20.1. The van der Waals surface area contributed by atoms with Crippen LogP contribution in [0.1, 0.15) is 56.0 Å². The summed E-state index contributed by atoms with van der Waals surface area (Å²) < 4.78 is 5.52. The van der Waals surface area contributed by atoms with E-state index >= 15 is 0 Å². The summed E-state index contributed by atoms with van der Waals surface area (Å²) in [6.07, 6.45) is -1.38. The molecule has 1 N–H and O–H groups in total. The van der Waals surface area contributed by atoms with E-state index in [1.807, 2.05) is 58.0 Å². The quantitative estimate of drug-likeness (QED) is 0.625. The fourth-order valence-corrected chi connectivity index (χ4v) is 4.12. The Morgan fingerprint density at radius 2 is 1.82 bits per heavy atom. The topological polar surface area (TPSA) is 87.2 Å². The van der Waals surface area contributed by atoms with Gasteiger partial charge in [0.05, 0.1) is 12.5 Å². The van der Waals surface area contributed by atoms with E-state index < -0.39 is 23.7 Å². The van der Waals surface area contributed by atoms with Gasteiger partial charge in [-0.05, 0) is 68.5 Å². The maximum atomic E-state index is 13.0. The number of carboxylic acid groups (broad SMARTS) is 1. The van der Waals surface area contributed by atoms with Crippen LogP contribution in [-0.2, 0) is 28.9 Å². The number of amides is 3. The molecule has 0 radical (unpaired) electrons. The summed E-state index contributed by atoms with van der Waals surface area (Å²) >= 11 is 5.89. The third kappa shape index (κ3) is 6.05. The van der Waals surface area contributed by atoms with Crippen LogP contribution in [0.5, 0.6) is 0 Å². The van der Waals surface area contributed by atoms with Gasteiger partial charge in [-0.25, -0.2) is 14.5 Å². The zero-order chi connectivity index (χ0) is 24.3. The first-order valence-electron chi connectivity index (χ1n) is 10.8. The Morgan fingerprint density at radius 1 is 1.15 bits per heavy atom. The Hall–Kier alpha value is -3.06. The van der Waals surface area contributed by atoms with E-state index in [-0.39, 0.29) is 19.0 Å². The van der Waals surface area contributed by atoms with E-state index in [2.05, 4.69) is 0 Å². The van der Waals surface area contributed by atoms with Crippen LogP contribution in [0.3, 0.4) is 0 Å². The molecule has 2 aromatic rings. The highest BCUT2D eigenvalue weighted by atomic mass is 35.5. The van der Waals surface area contributed by atoms with Crippen LogP contribution >= 0.6 is 11.6 Å². The van der Waals surface area contributed by atoms with Crippen molar-refractivity contribution in [1.29, 1.82) is 0 Å². The van der Waals surface area contributed by atoms with Gasteiger partial charge in [0.15, 0.2) is 0 Å². The molecule has 3 rings (SSSR count). The van der Waals surface area contributed by atoms with Crippen molar-refractivity contribution in [3.63, 3.8) is 0 Å². The lowest BCUT2D eigenvalue weighted by atomic mass is 9.96. The molecule has 1 aliphatic rings. The fraction of sp³-hybridized carbons (Fsp3) is 0.400. The summed E-state index contributed by atoms with van der Waals surface area (Å²) in [5, 5.41) is 10.2. The minimum absolute atomic E-state index is 0.0460. The third-order valence-electron chi connectivity index (χ3n) is 5.55. The molecule has 0 saturated carbocycles. The molecule has 33 heavy (non-hydrogen) atoms. The van der Waals surface area contributed by atoms with Crippen LogP contribution in [0.4, 0.5) is 9.59 Å². The van der Waals surface area contributed by atoms with Crippen LogP contribution < -0.4 is 0 Å². The Morgan fingerprint density at radius 3 is 2.42 bits per heavy atom. The SMILES string of the molecule is CC1c2c(CC(=O)N(CCc3ccc(Cl)cc3)C(=O)O)cccc2CN1C(=O)OC(C)(C)C. The molecule has 0 fully saturated rings. The van der Waals surface area contributed by atoms with Gasteiger partial charge >= 0.3 is 12.2 Å². The van der Waals surface area contributed by atoms with Crippen molar-refractivity contribution in [2.24, 2.45) is 0 Å². The Bertz CT molecular complexity index is 1050. The Labute approximate surface area is 198 Å². The largest absolute Gasteiger partial charge is 0.465 e. The molecule has 0 aromatic heterocycles. The van der Waals surface area contributed by atoms with Crippen LogP contribution in [0.25, 0.3) is 0 Å². The number of ether oxygens (including phenoxy) is 1. The standard InChI is InChI=1S/C25H29ClN2O5/c1-16-22-18(6-5-7-19(22)15-28(16)24(32)33-25(2,3)4)14-21(29)27(23(30)31)13-12-17-8-10-20(26)11-9-17/h5-11,16H,12-15H2,1-4H3,(H,30,31). The molecule has 2 aromatic carbocycles. The highest BCUT2D eigenvalue weighted by Crippen LogP contribution is 2.37. The molecule has 7 nitrogen and oxygen atoms in total. The molecule has 0 bridgehead atoms. The average Bonchev–Trinajstić information content (AvgIpc) is 3.06. The minimum Gasteiger partial charge on any atom is -0.465 e. The van der Waals surface area contributed by atoms with Gasteiger partial charge in [0.1, 0.15) is 5.60 Å². The van der Waals surface area contributed by atoms with Gasteiger partial charge in [-0.1, -0.05) is 41.9 Å². The summed E-state index contributed by atoms with van der Waals surface area (Å²) in [6.45, 7) is 7.75. The third-order valence-corrected chi connectivity index (χ3v) is 5.80. The highest BCUT2D eigenvalue weighted by Gasteiger charge is 2.35. The number of carbonyl (C=O) groups excluding carboxylic acids is 2. The molecule has 8 heteroatoms. The van der Waals surface area contributed by atoms with Crippen molar-refractivity contribution in [2.45, 2.75) is 58.7 Å². The van der Waals surface area contributed by atoms with Crippen LogP contribution in [0.2, 0.25) is 5.02 Å². The van der Waals surface area contributed by atoms with Crippen molar-refractivity contribution in [3.05, 3.63) is 69.7 Å². The summed E-state index contributed by atoms with van der Waals surface area (Å²) in [5.74, 6) is -0.507. The van der Waals surface area contributed by atoms with E-state index in [0.29, 0.717) is 23.6 Å². The van der Waals surface area contributed by atoms with Crippen molar-refractivity contribution in [1.82, 2.24) is 9.80 Å². The predicted molar refractivity (Wildman–Crippen MR) is 125 cm³/mol. The second-order valence-electron chi connectivity index (χ2n) is 9.16. The van der Waals surface area contributed by atoms with Gasteiger partial charge in [0.25, 0.3) is 0 Å². The van der Waals surface area contributed by atoms with E-state index in [4.69, 9.17) is 16.3 Å². The first-order valence-corrected chi connectivity index (χ1v) is 11.2. The maximum Gasteiger partial charge on any atom is 0.414 e. The molecule has 0 aliphatic carbocycles. The van der Waals surface area contributed by atoms with Crippen molar-refractivity contribution in [3.8, 4) is 0 Å². The lowest BCUT2D eigenvalue weighted by molar-refractivity contribution is -0.128. The minimum atomic E-state index is -1.29. The number of carbonyl (C=O) groups is 3. The Kier molecular flexibility index (Phi) is 7.32. The molecular formula is C25H29ClN2O5. The summed E-state index contributed by atoms with van der Waals surface area (Å²) in [7, 11) is 0. The van der Waals surface area contributed by atoms with Crippen LogP contribution in [0, 0.1) is 0 Å². The molecule has 1 aliphatic heterocycles. The van der Waals surface area contributed by atoms with Crippen LogP contribution in [0.15, 0.2) is 42.5 Å². The van der Waals surface area contributed by atoms with Crippen molar-refractivity contribution in [2.75, 3.05) is 6.54 Å². The molecule has 1 unspecified atom stereocenters. The number of halogens is 1. The number of rotatable bonds is 5. The summed E-state index contributed by atoms with van der Waals surface area (Å²) in [4.78, 5) is 39.9. The number of benzene rings is 2. The van der Waals surface area contributed by atoms with Gasteiger partial charge in [0.2, 0.25) is 5.91 Å². The molecule has 176 valence electrons. The van der Waals surface area contributed by atoms with Gasteiger partial charge in [0, 0.05) is 18.1 Å². The molecule has 1 atom stereocenters. The number of hydrogen-bond donors (Lipinski definition) is 1. The monoisotopic (exact) mass is 472 g/mol. The molecule has 1 heterocycles. The second-order valence-corrected chi connectivity index (χ2v) is 9.59. The van der Waals surface area contributed by atoms with E-state index in [9.17, 15) is 19.5 Å². The summed E-state index contributed by atoms with van der Waals surface area (Å²) in [6, 6.07) is 12.3. The van der Waals surface area contributed by atoms with E-state index in [0.717, 1.165) is 21.6 Å². The normalized spacial score (nSPS) is 15.2.